The van der Waals surface area contributed by atoms with Gasteiger partial charge in [0.2, 0.25) is 11.8 Å². The Hall–Kier alpha value is -2.95. The molecule has 28 heavy (non-hydrogen) atoms. The molecule has 5 heteroatoms. The minimum absolute atomic E-state index is 0.430. The molecule has 2 aromatic carbocycles. The van der Waals surface area contributed by atoms with Crippen molar-refractivity contribution in [3.05, 3.63) is 59.7 Å². The Morgan fingerprint density at radius 3 is 1.71 bits per heavy atom. The lowest BCUT2D eigenvalue weighted by Crippen LogP contribution is -2.60. The molecular weight excluding hydrogens is 352 g/mol. The SMILES string of the molecule is CCCCCC1C(=O)N(c2cccc(C)c2)C(=O)N(c2cccc(C)c2)C1=O. The van der Waals surface area contributed by atoms with E-state index in [-0.39, 0.29) is 0 Å². The summed E-state index contributed by atoms with van der Waals surface area (Å²) in [6.07, 6.45) is 3.16. The topological polar surface area (TPSA) is 57.7 Å². The second-order valence-electron chi connectivity index (χ2n) is 7.36. The first-order valence-electron chi connectivity index (χ1n) is 9.79. The van der Waals surface area contributed by atoms with Gasteiger partial charge in [-0.05, 0) is 55.7 Å². The van der Waals surface area contributed by atoms with Gasteiger partial charge in [-0.2, -0.15) is 0 Å². The summed E-state index contributed by atoms with van der Waals surface area (Å²) in [7, 11) is 0. The van der Waals surface area contributed by atoms with Crippen LogP contribution < -0.4 is 9.80 Å². The van der Waals surface area contributed by atoms with E-state index in [1.807, 2.05) is 38.1 Å². The van der Waals surface area contributed by atoms with Crippen LogP contribution in [-0.2, 0) is 9.59 Å². The lowest BCUT2D eigenvalue weighted by atomic mass is 9.95. The van der Waals surface area contributed by atoms with Crippen LogP contribution >= 0.6 is 0 Å². The molecule has 0 radical (unpaired) electrons. The number of amides is 4. The van der Waals surface area contributed by atoms with E-state index >= 15 is 0 Å². The van der Waals surface area contributed by atoms with Crippen molar-refractivity contribution in [3.63, 3.8) is 0 Å². The van der Waals surface area contributed by atoms with E-state index in [1.165, 1.54) is 0 Å². The summed E-state index contributed by atoms with van der Waals surface area (Å²) in [4.78, 5) is 41.9. The second kappa shape index (κ2) is 8.38. The quantitative estimate of drug-likeness (QED) is 0.525. The van der Waals surface area contributed by atoms with E-state index in [9.17, 15) is 14.4 Å². The van der Waals surface area contributed by atoms with E-state index in [4.69, 9.17) is 0 Å². The molecule has 0 unspecified atom stereocenters. The first-order valence-corrected chi connectivity index (χ1v) is 9.79. The number of benzene rings is 2. The lowest BCUT2D eigenvalue weighted by molar-refractivity contribution is -0.133. The van der Waals surface area contributed by atoms with Crippen LogP contribution in [0.3, 0.4) is 0 Å². The summed E-state index contributed by atoms with van der Waals surface area (Å²) in [5.74, 6) is -1.70. The molecule has 3 rings (SSSR count). The van der Waals surface area contributed by atoms with Crippen LogP contribution in [0.2, 0.25) is 0 Å². The number of aryl methyl sites for hydroxylation is 2. The third-order valence-corrected chi connectivity index (χ3v) is 5.04. The molecule has 2 aromatic rings. The fourth-order valence-corrected chi connectivity index (χ4v) is 3.56. The maximum absolute atomic E-state index is 13.3. The molecule has 1 fully saturated rings. The largest absolute Gasteiger partial charge is 0.342 e. The average Bonchev–Trinajstić information content (AvgIpc) is 2.65. The Kier molecular flexibility index (Phi) is 5.93. The molecule has 5 nitrogen and oxygen atoms in total. The lowest BCUT2D eigenvalue weighted by Gasteiger charge is -2.37. The molecule has 0 bridgehead atoms. The van der Waals surface area contributed by atoms with E-state index in [0.717, 1.165) is 40.2 Å². The predicted octanol–water partition coefficient (Wildman–Crippen LogP) is 5.00. The Labute approximate surface area is 166 Å². The maximum atomic E-state index is 13.3. The molecule has 1 heterocycles. The van der Waals surface area contributed by atoms with Gasteiger partial charge in [-0.1, -0.05) is 50.5 Å². The number of anilines is 2. The molecule has 1 aliphatic rings. The Morgan fingerprint density at radius 1 is 0.786 bits per heavy atom. The molecule has 0 aromatic heterocycles. The zero-order chi connectivity index (χ0) is 20.3. The van der Waals surface area contributed by atoms with Gasteiger partial charge in [-0.25, -0.2) is 14.6 Å². The van der Waals surface area contributed by atoms with Gasteiger partial charge < -0.3 is 0 Å². The fourth-order valence-electron chi connectivity index (χ4n) is 3.56. The first-order chi connectivity index (χ1) is 13.4. The molecule has 1 aliphatic heterocycles. The number of nitrogens with zero attached hydrogens (tertiary/aromatic N) is 2. The highest BCUT2D eigenvalue weighted by Gasteiger charge is 2.46. The van der Waals surface area contributed by atoms with Gasteiger partial charge in [0, 0.05) is 0 Å². The second-order valence-corrected chi connectivity index (χ2v) is 7.36. The van der Waals surface area contributed by atoms with Gasteiger partial charge in [0.05, 0.1) is 11.4 Å². The highest BCUT2D eigenvalue weighted by atomic mass is 16.2. The molecule has 0 N–H and O–H groups in total. The van der Waals surface area contributed by atoms with Gasteiger partial charge in [0.25, 0.3) is 0 Å². The third-order valence-electron chi connectivity index (χ3n) is 5.04. The van der Waals surface area contributed by atoms with Crippen molar-refractivity contribution < 1.29 is 14.4 Å². The van der Waals surface area contributed by atoms with Crippen molar-refractivity contribution in [1.82, 2.24) is 0 Å². The predicted molar refractivity (Wildman–Crippen MR) is 110 cm³/mol. The fraction of sp³-hybridized carbons (Fsp3) is 0.348. The summed E-state index contributed by atoms with van der Waals surface area (Å²) in [5.41, 5.74) is 2.89. The first kappa shape index (κ1) is 19.8. The number of carbonyl (C=O) groups excluding carboxylic acids is 3. The highest BCUT2D eigenvalue weighted by Crippen LogP contribution is 2.31. The van der Waals surface area contributed by atoms with E-state index in [2.05, 4.69) is 6.92 Å². The van der Waals surface area contributed by atoms with Gasteiger partial charge in [-0.3, -0.25) is 9.59 Å². The molecule has 4 amide bonds. The molecule has 0 atom stereocenters. The third kappa shape index (κ3) is 3.84. The number of urea groups is 1. The number of unbranched alkanes of at least 4 members (excludes halogenated alkanes) is 2. The number of rotatable bonds is 6. The van der Waals surface area contributed by atoms with E-state index in [1.54, 1.807) is 24.3 Å². The smallest absolute Gasteiger partial charge is 0.273 e. The molecule has 0 aliphatic carbocycles. The van der Waals surface area contributed by atoms with Crippen LogP contribution in [0.1, 0.15) is 43.7 Å². The summed E-state index contributed by atoms with van der Waals surface area (Å²) >= 11 is 0. The van der Waals surface area contributed by atoms with Crippen molar-refractivity contribution in [2.75, 3.05) is 9.80 Å². The van der Waals surface area contributed by atoms with Crippen LogP contribution in [0.5, 0.6) is 0 Å². The summed E-state index contributed by atoms with van der Waals surface area (Å²) in [6, 6.07) is 13.9. The van der Waals surface area contributed by atoms with Gasteiger partial charge in [0.1, 0.15) is 5.92 Å². The number of imide groups is 2. The van der Waals surface area contributed by atoms with Crippen molar-refractivity contribution >= 4 is 29.2 Å². The van der Waals surface area contributed by atoms with Crippen molar-refractivity contribution in [2.24, 2.45) is 5.92 Å². The highest BCUT2D eigenvalue weighted by molar-refractivity contribution is 6.36. The monoisotopic (exact) mass is 378 g/mol. The maximum Gasteiger partial charge on any atom is 0.342 e. The van der Waals surface area contributed by atoms with Crippen LogP contribution in [0.4, 0.5) is 16.2 Å². The molecule has 146 valence electrons. The van der Waals surface area contributed by atoms with Crippen molar-refractivity contribution in [3.8, 4) is 0 Å². The Morgan fingerprint density at radius 2 is 1.29 bits per heavy atom. The standard InChI is InChI=1S/C23H26N2O3/c1-4-5-6-13-20-21(26)24(18-11-7-9-16(2)14-18)23(28)25(22(20)27)19-12-8-10-17(3)15-19/h7-12,14-15,20H,4-6,13H2,1-3H3. The zero-order valence-corrected chi connectivity index (χ0v) is 16.6. The number of hydrogen-bond donors (Lipinski definition) is 0. The molecule has 0 saturated carbocycles. The van der Waals surface area contributed by atoms with Crippen LogP contribution in [0, 0.1) is 19.8 Å². The van der Waals surface area contributed by atoms with Gasteiger partial charge >= 0.3 is 6.03 Å². The van der Waals surface area contributed by atoms with Crippen molar-refractivity contribution in [2.45, 2.75) is 46.5 Å². The zero-order valence-electron chi connectivity index (χ0n) is 16.6. The van der Waals surface area contributed by atoms with Crippen LogP contribution in [0.15, 0.2) is 48.5 Å². The Bertz CT molecular complexity index is 839. The minimum Gasteiger partial charge on any atom is -0.273 e. The summed E-state index contributed by atoms with van der Waals surface area (Å²) in [6.45, 7) is 5.89. The van der Waals surface area contributed by atoms with E-state index < -0.39 is 23.8 Å². The number of barbiturate groups is 1. The van der Waals surface area contributed by atoms with Gasteiger partial charge in [-0.15, -0.1) is 0 Å². The molecule has 1 saturated heterocycles. The number of carbonyl (C=O) groups is 3. The normalized spacial score (nSPS) is 15.5. The molecular formula is C23H26N2O3. The molecule has 0 spiro atoms. The summed E-state index contributed by atoms with van der Waals surface area (Å²) in [5, 5.41) is 0. The minimum atomic E-state index is -0.842. The average molecular weight is 378 g/mol. The Balaban J connectivity index is 2.05. The summed E-state index contributed by atoms with van der Waals surface area (Å²) < 4.78 is 0. The number of hydrogen-bond acceptors (Lipinski definition) is 3. The van der Waals surface area contributed by atoms with Crippen molar-refractivity contribution in [1.29, 1.82) is 0 Å². The van der Waals surface area contributed by atoms with Crippen LogP contribution in [0.25, 0.3) is 0 Å². The van der Waals surface area contributed by atoms with Gasteiger partial charge in [0.15, 0.2) is 0 Å². The van der Waals surface area contributed by atoms with E-state index in [0.29, 0.717) is 17.8 Å². The van der Waals surface area contributed by atoms with Crippen LogP contribution in [-0.4, -0.2) is 17.8 Å².